The first-order valence-electron chi connectivity index (χ1n) is 27.1. The Morgan fingerprint density at radius 1 is 0.684 bits per heavy atom. The molecule has 79 heavy (non-hydrogen) atoms. The SMILES string of the molecule is CC(C)(C)OC(=O)N(c1cc2n(n1)CCOC2)c1cc(C2CCC(=O)C2)cn2ncnc12.CC(C)(C)OC(=O)N(c1cc2n(n1)CCOC2)c1cc(C2CCC(NCc3ccccc3)C2)cn2ncnc12.NCc1ccccc1. The molecule has 3 atom stereocenters. The van der Waals surface area contributed by atoms with Crippen LogP contribution in [0.3, 0.4) is 0 Å². The minimum atomic E-state index is -0.697. The fraction of sp³-hybridized carbons (Fsp3) is 0.431. The molecule has 414 valence electrons. The molecule has 8 heterocycles. The van der Waals surface area contributed by atoms with Crippen molar-refractivity contribution in [3.05, 3.63) is 144 Å². The number of aromatic nitrogens is 10. The van der Waals surface area contributed by atoms with E-state index >= 15 is 0 Å². The second-order valence-corrected chi connectivity index (χ2v) is 22.3. The van der Waals surface area contributed by atoms with E-state index in [1.807, 2.05) is 118 Å². The zero-order valence-corrected chi connectivity index (χ0v) is 45.8. The monoisotopic (exact) mass is 1070 g/mol. The van der Waals surface area contributed by atoms with Crippen molar-refractivity contribution in [1.29, 1.82) is 0 Å². The van der Waals surface area contributed by atoms with E-state index in [9.17, 15) is 14.4 Å². The first-order valence-corrected chi connectivity index (χ1v) is 27.1. The van der Waals surface area contributed by atoms with E-state index in [-0.39, 0.29) is 11.7 Å². The van der Waals surface area contributed by atoms with Crippen molar-refractivity contribution in [1.82, 2.24) is 54.1 Å². The van der Waals surface area contributed by atoms with Crippen LogP contribution in [0, 0.1) is 0 Å². The minimum Gasteiger partial charge on any atom is -0.443 e. The Balaban J connectivity index is 0.000000158. The lowest BCUT2D eigenvalue weighted by molar-refractivity contribution is -0.117. The van der Waals surface area contributed by atoms with Gasteiger partial charge in [0.05, 0.1) is 62.3 Å². The average molecular weight is 1080 g/mol. The molecule has 2 saturated carbocycles. The smallest absolute Gasteiger partial charge is 0.420 e. The number of amides is 2. The van der Waals surface area contributed by atoms with Crippen LogP contribution in [0.2, 0.25) is 0 Å². The lowest BCUT2D eigenvalue weighted by Crippen LogP contribution is -2.34. The van der Waals surface area contributed by atoms with Gasteiger partial charge in [0.1, 0.15) is 29.6 Å². The lowest BCUT2D eigenvalue weighted by atomic mass is 9.98. The summed E-state index contributed by atoms with van der Waals surface area (Å²) in [5.74, 6) is 1.58. The molecule has 8 aromatic rings. The number of fused-ring (bicyclic) bond motifs is 4. The van der Waals surface area contributed by atoms with Crippen molar-refractivity contribution in [3.63, 3.8) is 0 Å². The molecule has 0 saturated heterocycles. The highest BCUT2D eigenvalue weighted by Crippen LogP contribution is 2.40. The quantitative estimate of drug-likeness (QED) is 0.130. The highest BCUT2D eigenvalue weighted by Gasteiger charge is 2.35. The third-order valence-electron chi connectivity index (χ3n) is 14.1. The number of hydrogen-bond acceptors (Lipinski definition) is 15. The summed E-state index contributed by atoms with van der Waals surface area (Å²) in [6, 6.07) is 28.6. The number of benzene rings is 2. The van der Waals surface area contributed by atoms with Crippen molar-refractivity contribution in [2.75, 3.05) is 23.0 Å². The third kappa shape index (κ3) is 13.2. The van der Waals surface area contributed by atoms with Gasteiger partial charge >= 0.3 is 12.2 Å². The molecule has 2 fully saturated rings. The van der Waals surface area contributed by atoms with E-state index < -0.39 is 23.4 Å². The van der Waals surface area contributed by atoms with E-state index in [0.717, 1.165) is 54.7 Å². The molecule has 12 rings (SSSR count). The van der Waals surface area contributed by atoms with Gasteiger partial charge in [-0.15, -0.1) is 0 Å². The van der Waals surface area contributed by atoms with Crippen LogP contribution in [0.1, 0.15) is 126 Å². The molecule has 0 radical (unpaired) electrons. The number of nitrogens with one attached hydrogen (secondary N) is 1. The number of nitrogens with zero attached hydrogens (tertiary/aromatic N) is 12. The standard InChI is InChI=1S/C29H35N7O3.C22H26N6O4.C7H9N/c1-29(2,3)39-28(37)36(26-15-24-18-38-12-11-34(24)33-26)25-14-22(17-35-27(25)31-19-32-35)21-9-10-23(13-21)30-16-20-7-5-4-6-8-20;1-22(2,3)32-21(30)28(19-10-16-12-31-7-6-26(16)25-19)18-9-15(14-4-5-17(29)8-14)11-27-20(18)23-13-24-27;8-6-7-4-2-1-3-5-7/h4-8,14-15,17,19,21,23,30H,9-13,16,18H2,1-3H3;9-11,13-14H,4-8,12H2,1-3H3;1-5H,6,8H2. The van der Waals surface area contributed by atoms with E-state index in [2.05, 4.69) is 60.9 Å². The van der Waals surface area contributed by atoms with Gasteiger partial charge in [0.15, 0.2) is 22.9 Å². The third-order valence-corrected chi connectivity index (χ3v) is 14.1. The summed E-state index contributed by atoms with van der Waals surface area (Å²) in [5.41, 5.74) is 12.5. The van der Waals surface area contributed by atoms with Crippen LogP contribution in [-0.2, 0) is 63.1 Å². The van der Waals surface area contributed by atoms with Crippen molar-refractivity contribution < 1.29 is 33.3 Å². The Bertz CT molecular complexity index is 3350. The van der Waals surface area contributed by atoms with E-state index in [4.69, 9.17) is 29.8 Å². The number of ether oxygens (including phenoxy) is 4. The summed E-state index contributed by atoms with van der Waals surface area (Å²) < 4.78 is 29.9. The molecule has 0 spiro atoms. The molecule has 2 aromatic carbocycles. The van der Waals surface area contributed by atoms with Crippen LogP contribution in [0.4, 0.5) is 32.6 Å². The maximum absolute atomic E-state index is 13.7. The van der Waals surface area contributed by atoms with Crippen LogP contribution in [0.15, 0.2) is 110 Å². The average Bonchev–Trinajstić information content (AvgIpc) is 4.38. The first-order chi connectivity index (χ1) is 38.1. The molecule has 6 aromatic heterocycles. The summed E-state index contributed by atoms with van der Waals surface area (Å²) in [7, 11) is 0. The maximum Gasteiger partial charge on any atom is 0.420 e. The Morgan fingerprint density at radius 2 is 1.19 bits per heavy atom. The molecule has 21 heteroatoms. The van der Waals surface area contributed by atoms with Gasteiger partial charge in [0, 0.05) is 56.5 Å². The van der Waals surface area contributed by atoms with Gasteiger partial charge in [-0.05, 0) is 113 Å². The predicted octanol–water partition coefficient (Wildman–Crippen LogP) is 9.47. The van der Waals surface area contributed by atoms with Gasteiger partial charge in [-0.3, -0.25) is 14.2 Å². The second kappa shape index (κ2) is 23.6. The van der Waals surface area contributed by atoms with Crippen LogP contribution in [0.25, 0.3) is 11.3 Å². The van der Waals surface area contributed by atoms with Crippen molar-refractivity contribution in [2.45, 2.75) is 149 Å². The number of ketones is 1. The van der Waals surface area contributed by atoms with Gasteiger partial charge in [-0.2, -0.15) is 20.4 Å². The molecular formula is C58H70N14O7. The Kier molecular flexibility index (Phi) is 16.3. The van der Waals surface area contributed by atoms with Gasteiger partial charge in [0.25, 0.3) is 0 Å². The number of pyridine rings is 2. The molecule has 2 amide bonds. The Labute approximate surface area is 459 Å². The number of carbonyl (C=O) groups excluding carboxylic acids is 3. The minimum absolute atomic E-state index is 0.0824. The first kappa shape index (κ1) is 54.5. The highest BCUT2D eigenvalue weighted by atomic mass is 16.6. The summed E-state index contributed by atoms with van der Waals surface area (Å²) in [5, 5.41) is 21.9. The van der Waals surface area contributed by atoms with Crippen molar-refractivity contribution in [2.24, 2.45) is 5.73 Å². The molecule has 3 unspecified atom stereocenters. The molecule has 2 aliphatic carbocycles. The van der Waals surface area contributed by atoms with Crippen LogP contribution < -0.4 is 20.9 Å². The van der Waals surface area contributed by atoms with Gasteiger partial charge in [-0.25, -0.2) is 38.4 Å². The summed E-state index contributed by atoms with van der Waals surface area (Å²) >= 11 is 0. The summed E-state index contributed by atoms with van der Waals surface area (Å²) in [4.78, 5) is 50.9. The normalized spacial score (nSPS) is 18.0. The zero-order valence-electron chi connectivity index (χ0n) is 45.8. The molecule has 2 aliphatic heterocycles. The van der Waals surface area contributed by atoms with Gasteiger partial charge < -0.3 is 30.0 Å². The fourth-order valence-electron chi connectivity index (χ4n) is 10.3. The number of Topliss-reactive ketones (excluding diaryl/α,β-unsaturated/α-hetero) is 1. The van der Waals surface area contributed by atoms with Gasteiger partial charge in [0.2, 0.25) is 0 Å². The molecular weight excluding hydrogens is 1000 g/mol. The second-order valence-electron chi connectivity index (χ2n) is 22.3. The van der Waals surface area contributed by atoms with Crippen molar-refractivity contribution >= 4 is 52.3 Å². The molecule has 0 bridgehead atoms. The number of carbonyl (C=O) groups is 3. The summed E-state index contributed by atoms with van der Waals surface area (Å²) in [6.07, 6.45) is 10.8. The van der Waals surface area contributed by atoms with E-state index in [0.29, 0.717) is 105 Å². The Morgan fingerprint density at radius 3 is 1.65 bits per heavy atom. The molecule has 21 nitrogen and oxygen atoms in total. The van der Waals surface area contributed by atoms with E-state index in [1.165, 1.54) is 33.6 Å². The molecule has 4 aliphatic rings. The predicted molar refractivity (Wildman–Crippen MR) is 296 cm³/mol. The topological polar surface area (TPSA) is 229 Å². The number of hydrogen-bond donors (Lipinski definition) is 2. The fourth-order valence-corrected chi connectivity index (χ4v) is 10.3. The van der Waals surface area contributed by atoms with Crippen LogP contribution in [-0.4, -0.2) is 97.2 Å². The largest absolute Gasteiger partial charge is 0.443 e. The maximum atomic E-state index is 13.7. The van der Waals surface area contributed by atoms with Crippen molar-refractivity contribution in [3.8, 4) is 0 Å². The lowest BCUT2D eigenvalue weighted by Gasteiger charge is -2.27. The zero-order chi connectivity index (χ0) is 55.3. The van der Waals surface area contributed by atoms with Crippen LogP contribution in [0.5, 0.6) is 0 Å². The number of rotatable bonds is 10. The number of anilines is 4. The highest BCUT2D eigenvalue weighted by molar-refractivity contribution is 6.00. The van der Waals surface area contributed by atoms with Crippen LogP contribution >= 0.6 is 0 Å². The van der Waals surface area contributed by atoms with Gasteiger partial charge in [-0.1, -0.05) is 60.7 Å². The molecule has 3 N–H and O–H groups in total. The Hall–Kier alpha value is -7.85. The number of nitrogens with two attached hydrogens (primary N) is 1. The summed E-state index contributed by atoms with van der Waals surface area (Å²) in [6.45, 7) is 15.8. The van der Waals surface area contributed by atoms with E-state index in [1.54, 1.807) is 9.03 Å².